The molecular formula is C14H12N4O. The Balaban J connectivity index is 2.33. The zero-order chi connectivity index (χ0) is 13.4. The highest BCUT2D eigenvalue weighted by molar-refractivity contribution is 5.98. The van der Waals surface area contributed by atoms with E-state index in [0.717, 1.165) is 16.6 Å². The third-order valence-corrected chi connectivity index (χ3v) is 3.07. The molecule has 3 rings (SSSR count). The molecule has 0 aliphatic rings. The average Bonchev–Trinajstić information content (AvgIpc) is 2.81. The van der Waals surface area contributed by atoms with Crippen LogP contribution < -0.4 is 5.73 Å². The molecule has 0 spiro atoms. The van der Waals surface area contributed by atoms with Crippen LogP contribution in [-0.2, 0) is 0 Å². The largest absolute Gasteiger partial charge is 0.365 e. The van der Waals surface area contributed by atoms with Crippen LogP contribution >= 0.6 is 0 Å². The van der Waals surface area contributed by atoms with Crippen LogP contribution in [0.4, 0.5) is 0 Å². The van der Waals surface area contributed by atoms with E-state index in [1.54, 1.807) is 23.2 Å². The molecule has 0 radical (unpaired) electrons. The monoisotopic (exact) mass is 252 g/mol. The summed E-state index contributed by atoms with van der Waals surface area (Å²) >= 11 is 0. The molecule has 5 nitrogen and oxygen atoms in total. The van der Waals surface area contributed by atoms with Gasteiger partial charge < -0.3 is 5.73 Å². The first-order valence-electron chi connectivity index (χ1n) is 5.86. The number of primary amides is 1. The third kappa shape index (κ3) is 1.76. The summed E-state index contributed by atoms with van der Waals surface area (Å²) in [6.07, 6.45) is 3.31. The highest BCUT2D eigenvalue weighted by Crippen LogP contribution is 2.20. The van der Waals surface area contributed by atoms with Gasteiger partial charge in [0.05, 0.1) is 16.6 Å². The fraction of sp³-hybridized carbons (Fsp3) is 0.0714. The standard InChI is InChI=1S/C14H12N4O/c1-9-6-7-16-14(12(9)13(15)19)18-8-17-10-4-2-3-5-11(10)18/h2-8H,1H3,(H2,15,19). The van der Waals surface area contributed by atoms with Crippen LogP contribution in [0.2, 0.25) is 0 Å². The Kier molecular flexibility index (Phi) is 2.52. The minimum Gasteiger partial charge on any atom is -0.365 e. The predicted octanol–water partition coefficient (Wildman–Crippen LogP) is 1.83. The van der Waals surface area contributed by atoms with E-state index in [9.17, 15) is 4.79 Å². The first kappa shape index (κ1) is 11.4. The molecule has 5 heteroatoms. The topological polar surface area (TPSA) is 73.8 Å². The van der Waals surface area contributed by atoms with Crippen molar-refractivity contribution in [2.75, 3.05) is 0 Å². The van der Waals surface area contributed by atoms with Crippen molar-refractivity contribution in [3.63, 3.8) is 0 Å². The number of aromatic nitrogens is 3. The van der Waals surface area contributed by atoms with E-state index in [2.05, 4.69) is 9.97 Å². The molecule has 2 aromatic heterocycles. The van der Waals surface area contributed by atoms with Gasteiger partial charge in [-0.3, -0.25) is 9.36 Å². The number of pyridine rings is 1. The lowest BCUT2D eigenvalue weighted by Gasteiger charge is -2.09. The summed E-state index contributed by atoms with van der Waals surface area (Å²) in [5.41, 5.74) is 8.42. The predicted molar refractivity (Wildman–Crippen MR) is 72.1 cm³/mol. The summed E-state index contributed by atoms with van der Waals surface area (Å²) in [4.78, 5) is 20.2. The summed E-state index contributed by atoms with van der Waals surface area (Å²) in [6, 6.07) is 9.43. The minimum absolute atomic E-state index is 0.422. The lowest BCUT2D eigenvalue weighted by molar-refractivity contribution is 0.0999. The number of carbonyl (C=O) groups is 1. The molecule has 0 bridgehead atoms. The van der Waals surface area contributed by atoms with E-state index < -0.39 is 5.91 Å². The summed E-state index contributed by atoms with van der Waals surface area (Å²) in [5.74, 6) is 0.0274. The Morgan fingerprint density at radius 3 is 2.79 bits per heavy atom. The van der Waals surface area contributed by atoms with Crippen LogP contribution in [-0.4, -0.2) is 20.4 Å². The Morgan fingerprint density at radius 2 is 2.00 bits per heavy atom. The van der Waals surface area contributed by atoms with Gasteiger partial charge in [0, 0.05) is 6.20 Å². The van der Waals surface area contributed by atoms with Gasteiger partial charge in [-0.05, 0) is 30.7 Å². The molecule has 0 saturated carbocycles. The molecule has 94 valence electrons. The molecule has 0 fully saturated rings. The van der Waals surface area contributed by atoms with Crippen molar-refractivity contribution in [1.29, 1.82) is 0 Å². The number of nitrogens with two attached hydrogens (primary N) is 1. The van der Waals surface area contributed by atoms with Crippen LogP contribution in [0.3, 0.4) is 0 Å². The number of benzene rings is 1. The van der Waals surface area contributed by atoms with Gasteiger partial charge in [0.15, 0.2) is 5.82 Å². The van der Waals surface area contributed by atoms with E-state index >= 15 is 0 Å². The second kappa shape index (κ2) is 4.20. The summed E-state index contributed by atoms with van der Waals surface area (Å²) in [5, 5.41) is 0. The van der Waals surface area contributed by atoms with Crippen molar-refractivity contribution in [1.82, 2.24) is 14.5 Å². The molecular weight excluding hydrogens is 240 g/mol. The number of aryl methyl sites for hydroxylation is 1. The molecule has 3 aromatic rings. The molecule has 0 atom stereocenters. The maximum Gasteiger partial charge on any atom is 0.252 e. The highest BCUT2D eigenvalue weighted by atomic mass is 16.1. The molecule has 0 aliphatic heterocycles. The van der Waals surface area contributed by atoms with Crippen LogP contribution in [0.25, 0.3) is 16.9 Å². The van der Waals surface area contributed by atoms with Gasteiger partial charge in [-0.1, -0.05) is 12.1 Å². The SMILES string of the molecule is Cc1ccnc(-n2cnc3ccccc32)c1C(N)=O. The van der Waals surface area contributed by atoms with Crippen molar-refractivity contribution in [2.45, 2.75) is 6.92 Å². The van der Waals surface area contributed by atoms with Crippen molar-refractivity contribution in [2.24, 2.45) is 5.73 Å². The van der Waals surface area contributed by atoms with Gasteiger partial charge in [0.25, 0.3) is 5.91 Å². The van der Waals surface area contributed by atoms with Crippen molar-refractivity contribution >= 4 is 16.9 Å². The molecule has 2 heterocycles. The van der Waals surface area contributed by atoms with Gasteiger partial charge in [0.2, 0.25) is 0 Å². The molecule has 0 aliphatic carbocycles. The lowest BCUT2D eigenvalue weighted by atomic mass is 10.1. The third-order valence-electron chi connectivity index (χ3n) is 3.07. The maximum atomic E-state index is 11.6. The van der Waals surface area contributed by atoms with Gasteiger partial charge in [-0.15, -0.1) is 0 Å². The number of fused-ring (bicyclic) bond motifs is 1. The number of nitrogens with zero attached hydrogens (tertiary/aromatic N) is 3. The maximum absolute atomic E-state index is 11.6. The second-order valence-corrected chi connectivity index (χ2v) is 4.29. The van der Waals surface area contributed by atoms with E-state index in [-0.39, 0.29) is 0 Å². The number of rotatable bonds is 2. The first-order chi connectivity index (χ1) is 9.18. The fourth-order valence-corrected chi connectivity index (χ4v) is 2.16. The van der Waals surface area contributed by atoms with E-state index in [1.807, 2.05) is 31.2 Å². The van der Waals surface area contributed by atoms with Crippen molar-refractivity contribution in [3.8, 4) is 5.82 Å². The Hall–Kier alpha value is -2.69. The molecule has 19 heavy (non-hydrogen) atoms. The van der Waals surface area contributed by atoms with Gasteiger partial charge in [-0.25, -0.2) is 9.97 Å². The van der Waals surface area contributed by atoms with Crippen LogP contribution in [0.5, 0.6) is 0 Å². The lowest BCUT2D eigenvalue weighted by Crippen LogP contribution is -2.17. The average molecular weight is 252 g/mol. The molecule has 2 N–H and O–H groups in total. The van der Waals surface area contributed by atoms with Gasteiger partial charge in [-0.2, -0.15) is 0 Å². The van der Waals surface area contributed by atoms with Crippen molar-refractivity contribution in [3.05, 3.63) is 54.0 Å². The Labute approximate surface area is 109 Å². The smallest absolute Gasteiger partial charge is 0.252 e. The summed E-state index contributed by atoms with van der Waals surface area (Å²) in [7, 11) is 0. The summed E-state index contributed by atoms with van der Waals surface area (Å²) in [6.45, 7) is 1.84. The summed E-state index contributed by atoms with van der Waals surface area (Å²) < 4.78 is 1.78. The highest BCUT2D eigenvalue weighted by Gasteiger charge is 2.15. The van der Waals surface area contributed by atoms with Gasteiger partial charge >= 0.3 is 0 Å². The number of hydrogen-bond donors (Lipinski definition) is 1. The minimum atomic E-state index is -0.488. The number of imidazole rings is 1. The van der Waals surface area contributed by atoms with E-state index in [4.69, 9.17) is 5.73 Å². The molecule has 1 amide bonds. The number of hydrogen-bond acceptors (Lipinski definition) is 3. The van der Waals surface area contributed by atoms with Gasteiger partial charge in [0.1, 0.15) is 6.33 Å². The normalized spacial score (nSPS) is 10.8. The number of para-hydroxylation sites is 2. The first-order valence-corrected chi connectivity index (χ1v) is 5.86. The zero-order valence-electron chi connectivity index (χ0n) is 10.4. The fourth-order valence-electron chi connectivity index (χ4n) is 2.16. The zero-order valence-corrected chi connectivity index (χ0v) is 10.4. The van der Waals surface area contributed by atoms with Crippen LogP contribution in [0, 0.1) is 6.92 Å². The van der Waals surface area contributed by atoms with E-state index in [0.29, 0.717) is 11.4 Å². The molecule has 1 aromatic carbocycles. The number of amides is 1. The molecule has 0 unspecified atom stereocenters. The molecule has 0 saturated heterocycles. The van der Waals surface area contributed by atoms with E-state index in [1.165, 1.54) is 0 Å². The van der Waals surface area contributed by atoms with Crippen molar-refractivity contribution < 1.29 is 4.79 Å². The van der Waals surface area contributed by atoms with Crippen LogP contribution in [0.1, 0.15) is 15.9 Å². The Morgan fingerprint density at radius 1 is 1.21 bits per heavy atom. The van der Waals surface area contributed by atoms with Crippen LogP contribution in [0.15, 0.2) is 42.9 Å². The number of carbonyl (C=O) groups excluding carboxylic acids is 1. The Bertz CT molecular complexity index is 776. The quantitative estimate of drug-likeness (QED) is 0.756. The second-order valence-electron chi connectivity index (χ2n) is 4.29.